The molecule has 3 aromatic rings. The highest BCUT2D eigenvalue weighted by molar-refractivity contribution is 7.92. The maximum absolute atomic E-state index is 12.4. The van der Waals surface area contributed by atoms with Gasteiger partial charge in [0.2, 0.25) is 10.0 Å². The molecule has 0 bridgehead atoms. The highest BCUT2D eigenvalue weighted by Crippen LogP contribution is 2.24. The van der Waals surface area contributed by atoms with Crippen LogP contribution in [-0.2, 0) is 19.6 Å². The molecule has 194 valence electrons. The van der Waals surface area contributed by atoms with Crippen molar-refractivity contribution < 1.29 is 22.7 Å². The first-order chi connectivity index (χ1) is 17.5. The SMILES string of the molecule is Cc1cccc(N(CC(=O)N/N=C/c2ccc(OCC(=O)Nc3cccc(Cl)c3)cc2)S(C)(=O)=O)c1C. The van der Waals surface area contributed by atoms with Crippen LogP contribution in [0.4, 0.5) is 11.4 Å². The molecular formula is C26H27ClN4O5S. The summed E-state index contributed by atoms with van der Waals surface area (Å²) < 4.78 is 31.2. The van der Waals surface area contributed by atoms with Gasteiger partial charge >= 0.3 is 0 Å². The molecule has 2 N–H and O–H groups in total. The number of ether oxygens (including phenoxy) is 1. The number of hydrogen-bond acceptors (Lipinski definition) is 6. The van der Waals surface area contributed by atoms with E-state index in [0.717, 1.165) is 21.7 Å². The van der Waals surface area contributed by atoms with Crippen molar-refractivity contribution in [2.75, 3.05) is 29.0 Å². The number of carbonyl (C=O) groups is 2. The van der Waals surface area contributed by atoms with Crippen LogP contribution in [0.5, 0.6) is 5.75 Å². The maximum Gasteiger partial charge on any atom is 0.262 e. The van der Waals surface area contributed by atoms with Crippen LogP contribution in [-0.4, -0.2) is 45.9 Å². The van der Waals surface area contributed by atoms with Crippen LogP contribution in [0.2, 0.25) is 5.02 Å². The molecule has 0 atom stereocenters. The Kier molecular flexibility index (Phi) is 9.26. The molecule has 0 fully saturated rings. The molecule has 0 spiro atoms. The van der Waals surface area contributed by atoms with Crippen LogP contribution in [0.25, 0.3) is 0 Å². The molecule has 0 saturated heterocycles. The van der Waals surface area contributed by atoms with E-state index >= 15 is 0 Å². The van der Waals surface area contributed by atoms with Crippen molar-refractivity contribution in [1.82, 2.24) is 5.43 Å². The Morgan fingerprint density at radius 2 is 1.73 bits per heavy atom. The van der Waals surface area contributed by atoms with E-state index in [1.54, 1.807) is 67.6 Å². The Balaban J connectivity index is 1.52. The van der Waals surface area contributed by atoms with Crippen molar-refractivity contribution in [3.05, 3.63) is 88.4 Å². The fourth-order valence-corrected chi connectivity index (χ4v) is 4.39. The van der Waals surface area contributed by atoms with E-state index in [9.17, 15) is 18.0 Å². The Bertz CT molecular complexity index is 1410. The third-order valence-electron chi connectivity index (χ3n) is 5.29. The normalized spacial score (nSPS) is 11.2. The summed E-state index contributed by atoms with van der Waals surface area (Å²) in [6.07, 6.45) is 2.46. The molecule has 2 amide bonds. The van der Waals surface area contributed by atoms with Gasteiger partial charge in [0.05, 0.1) is 18.2 Å². The second kappa shape index (κ2) is 12.4. The number of anilines is 2. The number of nitrogens with one attached hydrogen (secondary N) is 2. The summed E-state index contributed by atoms with van der Waals surface area (Å²) >= 11 is 5.90. The van der Waals surface area contributed by atoms with Gasteiger partial charge < -0.3 is 10.1 Å². The van der Waals surface area contributed by atoms with E-state index < -0.39 is 22.5 Å². The summed E-state index contributed by atoms with van der Waals surface area (Å²) in [6, 6.07) is 18.8. The number of hydrogen-bond donors (Lipinski definition) is 2. The lowest BCUT2D eigenvalue weighted by Gasteiger charge is -2.23. The molecule has 0 aliphatic rings. The fourth-order valence-electron chi connectivity index (χ4n) is 3.29. The van der Waals surface area contributed by atoms with E-state index in [0.29, 0.717) is 27.7 Å². The minimum Gasteiger partial charge on any atom is -0.484 e. The van der Waals surface area contributed by atoms with Crippen molar-refractivity contribution in [3.8, 4) is 5.75 Å². The van der Waals surface area contributed by atoms with Crippen molar-refractivity contribution in [3.63, 3.8) is 0 Å². The Morgan fingerprint density at radius 3 is 2.41 bits per heavy atom. The lowest BCUT2D eigenvalue weighted by atomic mass is 10.1. The van der Waals surface area contributed by atoms with Crippen LogP contribution in [0.1, 0.15) is 16.7 Å². The van der Waals surface area contributed by atoms with Gasteiger partial charge in [0.15, 0.2) is 6.61 Å². The number of benzene rings is 3. The van der Waals surface area contributed by atoms with Gasteiger partial charge in [0.1, 0.15) is 12.3 Å². The zero-order valence-electron chi connectivity index (χ0n) is 20.6. The van der Waals surface area contributed by atoms with Crippen LogP contribution in [0, 0.1) is 13.8 Å². The summed E-state index contributed by atoms with van der Waals surface area (Å²) in [4.78, 5) is 24.5. The lowest BCUT2D eigenvalue weighted by molar-refractivity contribution is -0.119. The number of carbonyl (C=O) groups excluding carboxylic acids is 2. The van der Waals surface area contributed by atoms with Crippen molar-refractivity contribution in [1.29, 1.82) is 0 Å². The summed E-state index contributed by atoms with van der Waals surface area (Å²) in [6.45, 7) is 3.07. The van der Waals surface area contributed by atoms with Crippen molar-refractivity contribution in [2.45, 2.75) is 13.8 Å². The van der Waals surface area contributed by atoms with Gasteiger partial charge in [-0.2, -0.15) is 5.10 Å². The van der Waals surface area contributed by atoms with E-state index in [-0.39, 0.29) is 12.5 Å². The zero-order valence-corrected chi connectivity index (χ0v) is 22.1. The molecular weight excluding hydrogens is 516 g/mol. The number of nitrogens with zero attached hydrogens (tertiary/aromatic N) is 2. The number of sulfonamides is 1. The topological polar surface area (TPSA) is 117 Å². The molecule has 0 radical (unpaired) electrons. The molecule has 0 aliphatic heterocycles. The molecule has 11 heteroatoms. The van der Waals surface area contributed by atoms with E-state index in [1.807, 2.05) is 13.0 Å². The number of hydrazone groups is 1. The Hall–Kier alpha value is -3.89. The quantitative estimate of drug-likeness (QED) is 0.298. The van der Waals surface area contributed by atoms with Gasteiger partial charge in [-0.25, -0.2) is 13.8 Å². The molecule has 9 nitrogen and oxygen atoms in total. The largest absolute Gasteiger partial charge is 0.484 e. The number of amides is 2. The van der Waals surface area contributed by atoms with Crippen molar-refractivity contribution >= 4 is 51.0 Å². The van der Waals surface area contributed by atoms with E-state index in [1.165, 1.54) is 6.21 Å². The summed E-state index contributed by atoms with van der Waals surface area (Å²) in [5, 5.41) is 7.11. The maximum atomic E-state index is 12.4. The van der Waals surface area contributed by atoms with Crippen molar-refractivity contribution in [2.24, 2.45) is 5.10 Å². The smallest absolute Gasteiger partial charge is 0.262 e. The average molecular weight is 543 g/mol. The molecule has 0 unspecified atom stereocenters. The summed E-state index contributed by atoms with van der Waals surface area (Å²) in [5.74, 6) is -0.451. The zero-order chi connectivity index (χ0) is 27.0. The Morgan fingerprint density at radius 1 is 1.03 bits per heavy atom. The fraction of sp³-hybridized carbons (Fsp3) is 0.192. The van der Waals surface area contributed by atoms with Crippen LogP contribution < -0.4 is 19.8 Å². The molecule has 0 saturated carbocycles. The number of halogens is 1. The molecule has 0 aliphatic carbocycles. The average Bonchev–Trinajstić information content (AvgIpc) is 2.83. The van der Waals surface area contributed by atoms with Gasteiger partial charge in [0, 0.05) is 10.7 Å². The van der Waals surface area contributed by atoms with Gasteiger partial charge in [-0.1, -0.05) is 29.8 Å². The van der Waals surface area contributed by atoms with Crippen LogP contribution in [0.15, 0.2) is 71.8 Å². The third-order valence-corrected chi connectivity index (χ3v) is 6.66. The van der Waals surface area contributed by atoms with Gasteiger partial charge in [-0.05, 0) is 79.1 Å². The monoisotopic (exact) mass is 542 g/mol. The van der Waals surface area contributed by atoms with Crippen LogP contribution in [0.3, 0.4) is 0 Å². The predicted molar refractivity (Wildman–Crippen MR) is 146 cm³/mol. The molecule has 0 heterocycles. The molecule has 0 aromatic heterocycles. The molecule has 3 aromatic carbocycles. The standard InChI is InChI=1S/C26H27ClN4O5S/c1-18-6-4-9-24(19(18)2)31(37(3,34)35)16-25(32)30-28-15-20-10-12-23(13-11-20)36-17-26(33)29-22-8-5-7-21(27)14-22/h4-15H,16-17H2,1-3H3,(H,29,33)(H,30,32)/b28-15+. The molecule has 37 heavy (non-hydrogen) atoms. The van der Waals surface area contributed by atoms with Gasteiger partial charge in [-0.3, -0.25) is 13.9 Å². The van der Waals surface area contributed by atoms with Gasteiger partial charge in [0.25, 0.3) is 11.8 Å². The molecule has 3 rings (SSSR count). The second-order valence-corrected chi connectivity index (χ2v) is 10.5. The highest BCUT2D eigenvalue weighted by atomic mass is 35.5. The lowest BCUT2D eigenvalue weighted by Crippen LogP contribution is -2.39. The minimum absolute atomic E-state index is 0.187. The highest BCUT2D eigenvalue weighted by Gasteiger charge is 2.22. The Labute approximate surface area is 221 Å². The van der Waals surface area contributed by atoms with Gasteiger partial charge in [-0.15, -0.1) is 0 Å². The minimum atomic E-state index is -3.69. The number of aryl methyl sites for hydroxylation is 1. The first-order valence-corrected chi connectivity index (χ1v) is 13.4. The second-order valence-electron chi connectivity index (χ2n) is 8.20. The first kappa shape index (κ1) is 27.7. The predicted octanol–water partition coefficient (Wildman–Crippen LogP) is 3.89. The van der Waals surface area contributed by atoms with E-state index in [2.05, 4.69) is 15.8 Å². The summed E-state index contributed by atoms with van der Waals surface area (Å²) in [5.41, 5.74) is 5.71. The number of rotatable bonds is 10. The third kappa shape index (κ3) is 8.33. The first-order valence-electron chi connectivity index (χ1n) is 11.2. The van der Waals surface area contributed by atoms with E-state index in [4.69, 9.17) is 16.3 Å². The summed E-state index contributed by atoms with van der Waals surface area (Å²) in [7, 11) is -3.69. The van der Waals surface area contributed by atoms with Crippen LogP contribution >= 0.6 is 11.6 Å².